The molecular formula is C27H29N3O2. The minimum Gasteiger partial charge on any atom is -0.378 e. The van der Waals surface area contributed by atoms with E-state index in [0.717, 1.165) is 42.5 Å². The standard InChI is InChI=1S/C27H29N3O2/c1-18-16-27(18,17-28)30-24-10-9-20(21-11-12-32-19(2)13-21)14-22(24)15-25(30)26(31)29(3)23-7-5-4-6-8-23/h4-10,14-15,18-19,21H,11-13,16H2,1-3H3/t18-,19-,21-,27+/m0/s1. The Hall–Kier alpha value is -3.10. The van der Waals surface area contributed by atoms with Gasteiger partial charge in [0.25, 0.3) is 5.91 Å². The molecule has 0 radical (unpaired) electrons. The highest BCUT2D eigenvalue weighted by molar-refractivity contribution is 6.08. The average Bonchev–Trinajstić information content (AvgIpc) is 3.33. The van der Waals surface area contributed by atoms with Gasteiger partial charge in [0.05, 0.1) is 17.7 Å². The van der Waals surface area contributed by atoms with Gasteiger partial charge < -0.3 is 14.2 Å². The largest absolute Gasteiger partial charge is 0.378 e. The molecule has 2 aromatic carbocycles. The fourth-order valence-electron chi connectivity index (χ4n) is 5.24. The van der Waals surface area contributed by atoms with Gasteiger partial charge in [-0.3, -0.25) is 4.79 Å². The summed E-state index contributed by atoms with van der Waals surface area (Å²) in [5.74, 6) is 0.581. The molecule has 5 nitrogen and oxygen atoms in total. The number of amides is 1. The van der Waals surface area contributed by atoms with Crippen LogP contribution in [0.4, 0.5) is 5.69 Å². The summed E-state index contributed by atoms with van der Waals surface area (Å²) in [7, 11) is 1.80. The van der Waals surface area contributed by atoms with Crippen LogP contribution < -0.4 is 4.90 Å². The van der Waals surface area contributed by atoms with Crippen LogP contribution in [-0.2, 0) is 10.3 Å². The predicted molar refractivity (Wildman–Crippen MR) is 126 cm³/mol. The SMILES string of the molecule is C[C@H]1C[C@@H](c2ccc3c(c2)cc(C(=O)N(C)c2ccccc2)n3[C@@]2(C#N)C[C@@H]2C)CCO1. The van der Waals surface area contributed by atoms with Crippen LogP contribution in [0.25, 0.3) is 10.9 Å². The molecule has 1 aliphatic heterocycles. The Kier molecular flexibility index (Phi) is 5.06. The first kappa shape index (κ1) is 20.8. The van der Waals surface area contributed by atoms with Crippen LogP contribution in [-0.4, -0.2) is 30.2 Å². The maximum absolute atomic E-state index is 13.6. The molecule has 1 saturated carbocycles. The molecule has 2 fully saturated rings. The number of anilines is 1. The van der Waals surface area contributed by atoms with E-state index in [1.165, 1.54) is 5.56 Å². The fraction of sp³-hybridized carbons (Fsp3) is 0.407. The summed E-state index contributed by atoms with van der Waals surface area (Å²) in [5.41, 5.74) is 3.01. The number of hydrogen-bond donors (Lipinski definition) is 0. The number of hydrogen-bond acceptors (Lipinski definition) is 3. The summed E-state index contributed by atoms with van der Waals surface area (Å²) >= 11 is 0. The quantitative estimate of drug-likeness (QED) is 0.556. The van der Waals surface area contributed by atoms with Crippen molar-refractivity contribution in [2.45, 2.75) is 50.7 Å². The second-order valence-electron chi connectivity index (χ2n) is 9.43. The maximum Gasteiger partial charge on any atom is 0.274 e. The Bertz CT molecular complexity index is 1210. The zero-order chi connectivity index (χ0) is 22.5. The summed E-state index contributed by atoms with van der Waals surface area (Å²) in [6.45, 7) is 5.00. The molecule has 0 spiro atoms. The molecule has 1 saturated heterocycles. The molecule has 3 aromatic rings. The number of aromatic nitrogens is 1. The molecule has 5 heteroatoms. The van der Waals surface area contributed by atoms with Crippen LogP contribution in [0, 0.1) is 17.2 Å². The van der Waals surface area contributed by atoms with E-state index in [9.17, 15) is 10.1 Å². The van der Waals surface area contributed by atoms with E-state index in [0.29, 0.717) is 11.6 Å². The molecule has 5 rings (SSSR count). The molecule has 1 amide bonds. The van der Waals surface area contributed by atoms with Gasteiger partial charge in [-0.05, 0) is 73.9 Å². The van der Waals surface area contributed by atoms with Crippen LogP contribution in [0.2, 0.25) is 0 Å². The first-order chi connectivity index (χ1) is 15.4. The molecule has 4 atom stereocenters. The van der Waals surface area contributed by atoms with Crippen molar-refractivity contribution >= 4 is 22.5 Å². The first-order valence-corrected chi connectivity index (χ1v) is 11.5. The van der Waals surface area contributed by atoms with Crippen molar-refractivity contribution in [3.05, 3.63) is 65.9 Å². The molecular weight excluding hydrogens is 398 g/mol. The van der Waals surface area contributed by atoms with Crippen LogP contribution >= 0.6 is 0 Å². The highest BCUT2D eigenvalue weighted by Gasteiger charge is 2.55. The second kappa shape index (κ2) is 7.79. The zero-order valence-corrected chi connectivity index (χ0v) is 18.9. The summed E-state index contributed by atoms with van der Waals surface area (Å²) in [6, 6.07) is 20.6. The number of nitrogens with zero attached hydrogens (tertiary/aromatic N) is 3. The molecule has 1 aliphatic carbocycles. The van der Waals surface area contributed by atoms with E-state index < -0.39 is 5.54 Å². The van der Waals surface area contributed by atoms with Crippen LogP contribution in [0.3, 0.4) is 0 Å². The molecule has 0 N–H and O–H groups in total. The fourth-order valence-corrected chi connectivity index (χ4v) is 5.24. The number of fused-ring (bicyclic) bond motifs is 1. The van der Waals surface area contributed by atoms with Gasteiger partial charge in [-0.1, -0.05) is 31.2 Å². The number of para-hydroxylation sites is 1. The number of carbonyl (C=O) groups excluding carboxylic acids is 1. The Morgan fingerprint density at radius 2 is 1.94 bits per heavy atom. The molecule has 164 valence electrons. The lowest BCUT2D eigenvalue weighted by Gasteiger charge is -2.27. The summed E-state index contributed by atoms with van der Waals surface area (Å²) in [6.07, 6.45) is 3.05. The third kappa shape index (κ3) is 3.30. The minimum atomic E-state index is -0.654. The van der Waals surface area contributed by atoms with Gasteiger partial charge in [-0.25, -0.2) is 0 Å². The van der Waals surface area contributed by atoms with Gasteiger partial charge in [0.15, 0.2) is 0 Å². The Morgan fingerprint density at radius 1 is 1.19 bits per heavy atom. The lowest BCUT2D eigenvalue weighted by atomic mass is 9.88. The highest BCUT2D eigenvalue weighted by Crippen LogP contribution is 2.52. The normalized spacial score (nSPS) is 27.1. The zero-order valence-electron chi connectivity index (χ0n) is 18.9. The molecule has 0 unspecified atom stereocenters. The van der Waals surface area contributed by atoms with Gasteiger partial charge in [0.1, 0.15) is 11.2 Å². The smallest absolute Gasteiger partial charge is 0.274 e. The van der Waals surface area contributed by atoms with E-state index >= 15 is 0 Å². The third-order valence-electron chi connectivity index (χ3n) is 7.31. The topological polar surface area (TPSA) is 58.3 Å². The van der Waals surface area contributed by atoms with Crippen molar-refractivity contribution in [1.29, 1.82) is 5.26 Å². The Balaban J connectivity index is 1.61. The van der Waals surface area contributed by atoms with Crippen molar-refractivity contribution in [3.8, 4) is 6.07 Å². The van der Waals surface area contributed by atoms with Crippen molar-refractivity contribution in [1.82, 2.24) is 4.57 Å². The summed E-state index contributed by atoms with van der Waals surface area (Å²) in [4.78, 5) is 15.3. The van der Waals surface area contributed by atoms with Crippen molar-refractivity contribution in [3.63, 3.8) is 0 Å². The monoisotopic (exact) mass is 427 g/mol. The first-order valence-electron chi connectivity index (χ1n) is 11.5. The summed E-state index contributed by atoms with van der Waals surface area (Å²) in [5, 5.41) is 11.1. The highest BCUT2D eigenvalue weighted by atomic mass is 16.5. The molecule has 0 bridgehead atoms. The minimum absolute atomic E-state index is 0.0950. The molecule has 2 heterocycles. The van der Waals surface area contributed by atoms with Crippen molar-refractivity contribution in [2.24, 2.45) is 5.92 Å². The number of nitriles is 1. The van der Waals surface area contributed by atoms with Gasteiger partial charge in [0, 0.05) is 24.7 Å². The van der Waals surface area contributed by atoms with Crippen LogP contribution in [0.1, 0.15) is 55.1 Å². The van der Waals surface area contributed by atoms with E-state index in [-0.39, 0.29) is 17.9 Å². The molecule has 32 heavy (non-hydrogen) atoms. The maximum atomic E-state index is 13.6. The van der Waals surface area contributed by atoms with Crippen molar-refractivity contribution in [2.75, 3.05) is 18.6 Å². The van der Waals surface area contributed by atoms with Gasteiger partial charge >= 0.3 is 0 Å². The van der Waals surface area contributed by atoms with E-state index in [4.69, 9.17) is 4.74 Å². The van der Waals surface area contributed by atoms with Crippen LogP contribution in [0.15, 0.2) is 54.6 Å². The van der Waals surface area contributed by atoms with E-state index in [1.54, 1.807) is 11.9 Å². The second-order valence-corrected chi connectivity index (χ2v) is 9.43. The Labute approximate surface area is 189 Å². The predicted octanol–water partition coefficient (Wildman–Crippen LogP) is 5.46. The van der Waals surface area contributed by atoms with Gasteiger partial charge in [-0.2, -0.15) is 5.26 Å². The Morgan fingerprint density at radius 3 is 2.59 bits per heavy atom. The van der Waals surface area contributed by atoms with E-state index in [1.807, 2.05) is 41.0 Å². The number of ether oxygens (including phenoxy) is 1. The van der Waals surface area contributed by atoms with Gasteiger partial charge in [0.2, 0.25) is 0 Å². The van der Waals surface area contributed by atoms with Crippen molar-refractivity contribution < 1.29 is 9.53 Å². The van der Waals surface area contributed by atoms with E-state index in [2.05, 4.69) is 38.1 Å². The van der Waals surface area contributed by atoms with Crippen LogP contribution in [0.5, 0.6) is 0 Å². The lowest BCUT2D eigenvalue weighted by molar-refractivity contribution is 0.0186. The number of benzene rings is 2. The number of carbonyl (C=O) groups is 1. The average molecular weight is 428 g/mol. The van der Waals surface area contributed by atoms with Gasteiger partial charge in [-0.15, -0.1) is 0 Å². The number of rotatable bonds is 4. The molecule has 1 aromatic heterocycles. The third-order valence-corrected chi connectivity index (χ3v) is 7.31. The summed E-state index contributed by atoms with van der Waals surface area (Å²) < 4.78 is 7.73. The lowest BCUT2D eigenvalue weighted by Crippen LogP contribution is -2.31. The molecule has 2 aliphatic rings.